The van der Waals surface area contributed by atoms with E-state index in [1.807, 2.05) is 13.1 Å². The summed E-state index contributed by atoms with van der Waals surface area (Å²) >= 11 is 3.53. The van der Waals surface area contributed by atoms with Gasteiger partial charge in [0.25, 0.3) is 0 Å². The highest BCUT2D eigenvalue weighted by Gasteiger charge is 2.08. The fraction of sp³-hybridized carbons (Fsp3) is 0.583. The van der Waals surface area contributed by atoms with Gasteiger partial charge in [-0.1, -0.05) is 20.3 Å². The van der Waals surface area contributed by atoms with Gasteiger partial charge < -0.3 is 5.32 Å². The largest absolute Gasteiger partial charge is 0.366 e. The van der Waals surface area contributed by atoms with Gasteiger partial charge in [0.2, 0.25) is 0 Å². The summed E-state index contributed by atoms with van der Waals surface area (Å²) in [6.45, 7) is 6.46. The average Bonchev–Trinajstić information content (AvgIpc) is 2.21. The fourth-order valence-corrected chi connectivity index (χ4v) is 2.14. The number of aromatic nitrogens is 1. The Morgan fingerprint density at radius 2 is 2.20 bits per heavy atom. The zero-order valence-electron chi connectivity index (χ0n) is 9.68. The van der Waals surface area contributed by atoms with E-state index >= 15 is 0 Å². The highest BCUT2D eigenvalue weighted by molar-refractivity contribution is 9.10. The standard InChI is InChI=1S/C12H19BrN2/c1-4-6-10(5-2)15-12-11(13)7-9(3)8-14-12/h7-8,10H,4-6H2,1-3H3,(H,14,15). The van der Waals surface area contributed by atoms with Gasteiger partial charge in [0.05, 0.1) is 4.47 Å². The van der Waals surface area contributed by atoms with E-state index in [1.54, 1.807) is 0 Å². The van der Waals surface area contributed by atoms with Gasteiger partial charge in [-0.25, -0.2) is 4.98 Å². The molecule has 3 heteroatoms. The second-order valence-electron chi connectivity index (χ2n) is 3.88. The van der Waals surface area contributed by atoms with E-state index in [4.69, 9.17) is 0 Å². The van der Waals surface area contributed by atoms with Crippen molar-refractivity contribution in [2.45, 2.75) is 46.1 Å². The van der Waals surface area contributed by atoms with Gasteiger partial charge in [-0.2, -0.15) is 0 Å². The predicted molar refractivity (Wildman–Crippen MR) is 69.3 cm³/mol. The first-order valence-corrected chi connectivity index (χ1v) is 6.35. The Morgan fingerprint density at radius 1 is 1.47 bits per heavy atom. The molecule has 0 aliphatic carbocycles. The Kier molecular flexibility index (Phi) is 5.09. The predicted octanol–water partition coefficient (Wildman–Crippen LogP) is 4.14. The third-order valence-corrected chi connectivity index (χ3v) is 3.05. The van der Waals surface area contributed by atoms with Gasteiger partial charge in [0, 0.05) is 12.2 Å². The molecular formula is C12H19BrN2. The molecule has 0 radical (unpaired) electrons. The van der Waals surface area contributed by atoms with Crippen molar-refractivity contribution in [1.82, 2.24) is 4.98 Å². The molecule has 1 rings (SSSR count). The topological polar surface area (TPSA) is 24.9 Å². The van der Waals surface area contributed by atoms with Gasteiger partial charge in [-0.15, -0.1) is 0 Å². The summed E-state index contributed by atoms with van der Waals surface area (Å²) in [7, 11) is 0. The quantitative estimate of drug-likeness (QED) is 0.870. The first-order valence-electron chi connectivity index (χ1n) is 5.56. The number of nitrogens with one attached hydrogen (secondary N) is 1. The van der Waals surface area contributed by atoms with E-state index in [-0.39, 0.29) is 0 Å². The highest BCUT2D eigenvalue weighted by Crippen LogP contribution is 2.22. The maximum atomic E-state index is 4.39. The number of hydrogen-bond donors (Lipinski definition) is 1. The van der Waals surface area contributed by atoms with Crippen LogP contribution in [0.3, 0.4) is 0 Å². The lowest BCUT2D eigenvalue weighted by atomic mass is 10.1. The lowest BCUT2D eigenvalue weighted by molar-refractivity contribution is 0.620. The number of halogens is 1. The van der Waals surface area contributed by atoms with Crippen LogP contribution in [0.2, 0.25) is 0 Å². The number of pyridine rings is 1. The Labute approximate surface area is 101 Å². The molecule has 0 amide bonds. The minimum atomic E-state index is 0.529. The van der Waals surface area contributed by atoms with Crippen LogP contribution in [0.5, 0.6) is 0 Å². The summed E-state index contributed by atoms with van der Waals surface area (Å²) < 4.78 is 1.05. The van der Waals surface area contributed by atoms with Gasteiger partial charge in [0.1, 0.15) is 5.82 Å². The zero-order valence-corrected chi connectivity index (χ0v) is 11.3. The van der Waals surface area contributed by atoms with E-state index in [0.717, 1.165) is 16.7 Å². The van der Waals surface area contributed by atoms with E-state index < -0.39 is 0 Å². The normalized spacial score (nSPS) is 12.5. The summed E-state index contributed by atoms with van der Waals surface area (Å²) in [5, 5.41) is 3.47. The number of anilines is 1. The second kappa shape index (κ2) is 6.11. The van der Waals surface area contributed by atoms with Crippen molar-refractivity contribution >= 4 is 21.7 Å². The summed E-state index contributed by atoms with van der Waals surface area (Å²) in [6.07, 6.45) is 5.43. The Hall–Kier alpha value is -0.570. The smallest absolute Gasteiger partial charge is 0.140 e. The van der Waals surface area contributed by atoms with Gasteiger partial charge in [-0.3, -0.25) is 0 Å². The average molecular weight is 271 g/mol. The summed E-state index contributed by atoms with van der Waals surface area (Å²) in [6, 6.07) is 2.62. The van der Waals surface area contributed by atoms with Crippen LogP contribution in [-0.2, 0) is 0 Å². The molecule has 84 valence electrons. The number of rotatable bonds is 5. The van der Waals surface area contributed by atoms with E-state index in [9.17, 15) is 0 Å². The molecule has 1 N–H and O–H groups in total. The molecule has 1 aromatic heterocycles. The SMILES string of the molecule is CCCC(CC)Nc1ncc(C)cc1Br. The number of hydrogen-bond acceptors (Lipinski definition) is 2. The number of aryl methyl sites for hydroxylation is 1. The summed E-state index contributed by atoms with van der Waals surface area (Å²) in [5.74, 6) is 0.959. The molecule has 0 spiro atoms. The zero-order chi connectivity index (χ0) is 11.3. The Balaban J connectivity index is 2.70. The van der Waals surface area contributed by atoms with Crippen molar-refractivity contribution in [2.24, 2.45) is 0 Å². The second-order valence-corrected chi connectivity index (χ2v) is 4.74. The molecule has 2 nitrogen and oxygen atoms in total. The lowest BCUT2D eigenvalue weighted by Crippen LogP contribution is -2.19. The van der Waals surface area contributed by atoms with Crippen LogP contribution >= 0.6 is 15.9 Å². The van der Waals surface area contributed by atoms with Gasteiger partial charge in [0.15, 0.2) is 0 Å². The molecule has 0 saturated heterocycles. The monoisotopic (exact) mass is 270 g/mol. The van der Waals surface area contributed by atoms with Crippen LogP contribution in [0.25, 0.3) is 0 Å². The molecule has 1 heterocycles. The van der Waals surface area contributed by atoms with Gasteiger partial charge in [-0.05, 0) is 47.3 Å². The molecule has 1 aromatic rings. The maximum Gasteiger partial charge on any atom is 0.140 e. The first kappa shape index (κ1) is 12.5. The van der Waals surface area contributed by atoms with Crippen LogP contribution in [-0.4, -0.2) is 11.0 Å². The first-order chi connectivity index (χ1) is 7.17. The van der Waals surface area contributed by atoms with Crippen molar-refractivity contribution in [3.63, 3.8) is 0 Å². The molecule has 0 saturated carbocycles. The van der Waals surface area contributed by atoms with Gasteiger partial charge >= 0.3 is 0 Å². The van der Waals surface area contributed by atoms with Crippen molar-refractivity contribution in [2.75, 3.05) is 5.32 Å². The van der Waals surface area contributed by atoms with Crippen molar-refractivity contribution in [1.29, 1.82) is 0 Å². The van der Waals surface area contributed by atoms with Crippen molar-refractivity contribution in [3.8, 4) is 0 Å². The molecule has 0 aliphatic rings. The third kappa shape index (κ3) is 3.82. The molecule has 0 bridgehead atoms. The molecular weight excluding hydrogens is 252 g/mol. The van der Waals surface area contributed by atoms with Crippen molar-refractivity contribution in [3.05, 3.63) is 22.3 Å². The molecule has 1 unspecified atom stereocenters. The van der Waals surface area contributed by atoms with E-state index in [0.29, 0.717) is 6.04 Å². The van der Waals surface area contributed by atoms with Crippen molar-refractivity contribution < 1.29 is 0 Å². The fourth-order valence-electron chi connectivity index (χ4n) is 1.56. The lowest BCUT2D eigenvalue weighted by Gasteiger charge is -2.17. The molecule has 1 atom stereocenters. The van der Waals surface area contributed by atoms with E-state index in [2.05, 4.69) is 46.1 Å². The molecule has 0 aromatic carbocycles. The Morgan fingerprint density at radius 3 is 2.73 bits per heavy atom. The maximum absolute atomic E-state index is 4.39. The molecule has 0 fully saturated rings. The van der Waals surface area contributed by atoms with Crippen LogP contribution in [0.15, 0.2) is 16.7 Å². The van der Waals surface area contributed by atoms with Crippen LogP contribution in [0.1, 0.15) is 38.7 Å². The number of nitrogens with zero attached hydrogens (tertiary/aromatic N) is 1. The minimum Gasteiger partial charge on any atom is -0.366 e. The van der Waals surface area contributed by atoms with E-state index in [1.165, 1.54) is 18.4 Å². The highest BCUT2D eigenvalue weighted by atomic mass is 79.9. The minimum absolute atomic E-state index is 0.529. The molecule has 0 aliphatic heterocycles. The van der Waals surface area contributed by atoms with Crippen LogP contribution < -0.4 is 5.32 Å². The van der Waals surface area contributed by atoms with Crippen LogP contribution in [0.4, 0.5) is 5.82 Å². The third-order valence-electron chi connectivity index (χ3n) is 2.45. The summed E-state index contributed by atoms with van der Waals surface area (Å²) in [5.41, 5.74) is 1.18. The molecule has 15 heavy (non-hydrogen) atoms. The Bertz CT molecular complexity index is 312. The van der Waals surface area contributed by atoms with Crippen LogP contribution in [0, 0.1) is 6.92 Å². The summed E-state index contributed by atoms with van der Waals surface area (Å²) in [4.78, 5) is 4.39.